The Morgan fingerprint density at radius 1 is 1.38 bits per heavy atom. The van der Waals surface area contributed by atoms with E-state index in [4.69, 9.17) is 10.00 Å². The van der Waals surface area contributed by atoms with Crippen molar-refractivity contribution < 1.29 is 9.84 Å². The van der Waals surface area contributed by atoms with E-state index in [0.717, 1.165) is 16.3 Å². The minimum atomic E-state index is -0.594. The fourth-order valence-electron chi connectivity index (χ4n) is 2.42. The minimum Gasteiger partial charge on any atom is -0.387 e. The molecule has 0 aliphatic carbocycles. The van der Waals surface area contributed by atoms with Crippen LogP contribution in [0.2, 0.25) is 0 Å². The van der Waals surface area contributed by atoms with Crippen LogP contribution in [0.3, 0.4) is 0 Å². The highest BCUT2D eigenvalue weighted by Gasteiger charge is 2.14. The molecular formula is C18H23N3O2S. The van der Waals surface area contributed by atoms with E-state index in [-0.39, 0.29) is 6.10 Å². The van der Waals surface area contributed by atoms with Crippen LogP contribution >= 0.6 is 11.3 Å². The number of hydrogen-bond acceptors (Lipinski definition) is 6. The van der Waals surface area contributed by atoms with E-state index >= 15 is 0 Å². The zero-order valence-electron chi connectivity index (χ0n) is 14.3. The molecule has 6 heteroatoms. The number of rotatable bonds is 8. The number of hydrogen-bond donors (Lipinski definition) is 1. The van der Waals surface area contributed by atoms with E-state index in [2.05, 4.69) is 11.1 Å². The summed E-state index contributed by atoms with van der Waals surface area (Å²) in [5, 5.41) is 22.2. The standard InChI is InChI=1S/C18H23N3O2S/c1-4-23-13(2)18-20-16(12-24-18)10-21(3)11-17(22)15-7-5-14(9-19)6-8-15/h5-8,12-13,17,22H,4,10-11H2,1-3H3. The van der Waals surface area contributed by atoms with Crippen molar-refractivity contribution in [1.82, 2.24) is 9.88 Å². The smallest absolute Gasteiger partial charge is 0.122 e. The first-order chi connectivity index (χ1) is 11.5. The number of thiazole rings is 1. The molecule has 0 spiro atoms. The van der Waals surface area contributed by atoms with Gasteiger partial charge >= 0.3 is 0 Å². The summed E-state index contributed by atoms with van der Waals surface area (Å²) in [5.41, 5.74) is 2.39. The second-order valence-corrected chi connectivity index (χ2v) is 6.61. The van der Waals surface area contributed by atoms with Gasteiger partial charge in [0.25, 0.3) is 0 Å². The number of nitrogens with zero attached hydrogens (tertiary/aromatic N) is 3. The molecule has 2 aromatic rings. The highest BCUT2D eigenvalue weighted by Crippen LogP contribution is 2.22. The monoisotopic (exact) mass is 345 g/mol. The Labute approximate surface area is 147 Å². The summed E-state index contributed by atoms with van der Waals surface area (Å²) in [6, 6.07) is 9.11. The molecule has 1 aromatic heterocycles. The molecule has 2 atom stereocenters. The molecule has 0 amide bonds. The van der Waals surface area contributed by atoms with E-state index in [9.17, 15) is 5.11 Å². The number of aliphatic hydroxyl groups excluding tert-OH is 1. The lowest BCUT2D eigenvalue weighted by Crippen LogP contribution is -2.24. The first kappa shape index (κ1) is 18.6. The number of ether oxygens (including phenoxy) is 1. The van der Waals surface area contributed by atoms with Gasteiger partial charge in [0.05, 0.1) is 23.4 Å². The number of benzene rings is 1. The molecule has 0 fully saturated rings. The van der Waals surface area contributed by atoms with Crippen molar-refractivity contribution in [3.8, 4) is 6.07 Å². The Balaban J connectivity index is 1.90. The fourth-order valence-corrected chi connectivity index (χ4v) is 3.24. The second kappa shape index (κ2) is 8.90. The van der Waals surface area contributed by atoms with Crippen molar-refractivity contribution >= 4 is 11.3 Å². The average Bonchev–Trinajstić information content (AvgIpc) is 3.03. The van der Waals surface area contributed by atoms with Crippen molar-refractivity contribution in [3.05, 3.63) is 51.5 Å². The predicted molar refractivity (Wildman–Crippen MR) is 94.6 cm³/mol. The number of aliphatic hydroxyl groups is 1. The van der Waals surface area contributed by atoms with E-state index < -0.39 is 6.10 Å². The van der Waals surface area contributed by atoms with Gasteiger partial charge in [-0.3, -0.25) is 4.90 Å². The Morgan fingerprint density at radius 3 is 2.71 bits per heavy atom. The summed E-state index contributed by atoms with van der Waals surface area (Å²) >= 11 is 1.60. The van der Waals surface area contributed by atoms with Crippen molar-refractivity contribution in [2.75, 3.05) is 20.2 Å². The summed E-state index contributed by atoms with van der Waals surface area (Å²) < 4.78 is 5.56. The van der Waals surface area contributed by atoms with Crippen LogP contribution in [-0.2, 0) is 11.3 Å². The largest absolute Gasteiger partial charge is 0.387 e. The minimum absolute atomic E-state index is 0.0169. The molecule has 0 aliphatic rings. The SMILES string of the molecule is CCOC(C)c1nc(CN(C)CC(O)c2ccc(C#N)cc2)cs1. The lowest BCUT2D eigenvalue weighted by atomic mass is 10.1. The van der Waals surface area contributed by atoms with Crippen molar-refractivity contribution in [2.45, 2.75) is 32.6 Å². The summed E-state index contributed by atoms with van der Waals surface area (Å²) in [6.45, 7) is 5.82. The number of nitriles is 1. The maximum absolute atomic E-state index is 10.3. The highest BCUT2D eigenvalue weighted by molar-refractivity contribution is 7.09. The normalized spacial score (nSPS) is 13.7. The van der Waals surface area contributed by atoms with Gasteiger partial charge in [-0.15, -0.1) is 11.3 Å². The highest BCUT2D eigenvalue weighted by atomic mass is 32.1. The third-order valence-corrected chi connectivity index (χ3v) is 4.73. The molecule has 24 heavy (non-hydrogen) atoms. The van der Waals surface area contributed by atoms with Gasteiger partial charge in [-0.1, -0.05) is 12.1 Å². The van der Waals surface area contributed by atoms with Crippen LogP contribution in [0, 0.1) is 11.3 Å². The van der Waals surface area contributed by atoms with Gasteiger partial charge in [-0.25, -0.2) is 4.98 Å². The molecule has 5 nitrogen and oxygen atoms in total. The van der Waals surface area contributed by atoms with Crippen LogP contribution in [0.1, 0.15) is 47.9 Å². The van der Waals surface area contributed by atoms with Crippen LogP contribution in [0.15, 0.2) is 29.6 Å². The van der Waals surface area contributed by atoms with Gasteiger partial charge in [0, 0.05) is 25.1 Å². The molecule has 2 rings (SSSR count). The first-order valence-electron chi connectivity index (χ1n) is 7.96. The molecule has 0 bridgehead atoms. The number of likely N-dealkylation sites (N-methyl/N-ethyl adjacent to an activating group) is 1. The van der Waals surface area contributed by atoms with Crippen LogP contribution in [0.5, 0.6) is 0 Å². The summed E-state index contributed by atoms with van der Waals surface area (Å²) in [4.78, 5) is 6.64. The van der Waals surface area contributed by atoms with Crippen molar-refractivity contribution in [3.63, 3.8) is 0 Å². The predicted octanol–water partition coefficient (Wildman–Crippen LogP) is 3.28. The topological polar surface area (TPSA) is 69.4 Å². The van der Waals surface area contributed by atoms with Gasteiger partial charge < -0.3 is 9.84 Å². The molecular weight excluding hydrogens is 322 g/mol. The maximum atomic E-state index is 10.3. The van der Waals surface area contributed by atoms with E-state index in [1.165, 1.54) is 0 Å². The Hall–Kier alpha value is -1.78. The van der Waals surface area contributed by atoms with Gasteiger partial charge in [-0.2, -0.15) is 5.26 Å². The van der Waals surface area contributed by atoms with Crippen molar-refractivity contribution in [2.24, 2.45) is 0 Å². The summed E-state index contributed by atoms with van der Waals surface area (Å²) in [6.07, 6.45) is -0.577. The van der Waals surface area contributed by atoms with Gasteiger partial charge in [0.1, 0.15) is 11.1 Å². The van der Waals surface area contributed by atoms with E-state index in [1.807, 2.05) is 31.2 Å². The molecule has 1 heterocycles. The molecule has 2 unspecified atom stereocenters. The van der Waals surface area contributed by atoms with Gasteiger partial charge in [0.15, 0.2) is 0 Å². The summed E-state index contributed by atoms with van der Waals surface area (Å²) in [5.74, 6) is 0. The third-order valence-electron chi connectivity index (χ3n) is 3.68. The maximum Gasteiger partial charge on any atom is 0.122 e. The van der Waals surface area contributed by atoms with Crippen LogP contribution in [-0.4, -0.2) is 35.2 Å². The lowest BCUT2D eigenvalue weighted by Gasteiger charge is -2.20. The van der Waals surface area contributed by atoms with E-state index in [1.54, 1.807) is 35.6 Å². The van der Waals surface area contributed by atoms with Crippen LogP contribution < -0.4 is 0 Å². The fraction of sp³-hybridized carbons (Fsp3) is 0.444. The first-order valence-corrected chi connectivity index (χ1v) is 8.84. The quantitative estimate of drug-likeness (QED) is 0.795. The van der Waals surface area contributed by atoms with Crippen LogP contribution in [0.4, 0.5) is 0 Å². The Kier molecular flexibility index (Phi) is 6.88. The Morgan fingerprint density at radius 2 is 2.08 bits per heavy atom. The van der Waals surface area contributed by atoms with E-state index in [0.29, 0.717) is 25.3 Å². The number of aromatic nitrogens is 1. The Bertz CT molecular complexity index is 678. The molecule has 0 saturated carbocycles. The summed E-state index contributed by atoms with van der Waals surface area (Å²) in [7, 11) is 1.96. The zero-order valence-corrected chi connectivity index (χ0v) is 15.1. The molecule has 0 radical (unpaired) electrons. The molecule has 1 N–H and O–H groups in total. The van der Waals surface area contributed by atoms with Gasteiger partial charge in [0.2, 0.25) is 0 Å². The molecule has 0 saturated heterocycles. The van der Waals surface area contributed by atoms with Gasteiger partial charge in [-0.05, 0) is 38.6 Å². The van der Waals surface area contributed by atoms with Crippen molar-refractivity contribution in [1.29, 1.82) is 5.26 Å². The lowest BCUT2D eigenvalue weighted by molar-refractivity contribution is 0.0759. The average molecular weight is 345 g/mol. The molecule has 0 aliphatic heterocycles. The molecule has 1 aromatic carbocycles. The zero-order chi connectivity index (χ0) is 17.5. The van der Waals surface area contributed by atoms with Crippen LogP contribution in [0.25, 0.3) is 0 Å². The third kappa shape index (κ3) is 5.11. The second-order valence-electron chi connectivity index (χ2n) is 5.72. The molecule has 128 valence electrons.